The van der Waals surface area contributed by atoms with Gasteiger partial charge in [0.1, 0.15) is 11.5 Å². The quantitative estimate of drug-likeness (QED) is 0.828. The second-order valence-corrected chi connectivity index (χ2v) is 5.09. The molecule has 0 saturated heterocycles. The van der Waals surface area contributed by atoms with Crippen molar-refractivity contribution in [2.45, 2.75) is 6.92 Å². The molecule has 1 amide bonds. The number of nitrogens with two attached hydrogens (primary N) is 1. The molecule has 3 nitrogen and oxygen atoms in total. The van der Waals surface area contributed by atoms with Crippen LogP contribution in [0.4, 0.5) is 15.8 Å². The number of nitrogens with one attached hydrogen (secondary N) is 1. The molecule has 0 aromatic heterocycles. The third kappa shape index (κ3) is 3.12. The van der Waals surface area contributed by atoms with E-state index < -0.39 is 11.7 Å². The van der Waals surface area contributed by atoms with Gasteiger partial charge in [-0.3, -0.25) is 4.79 Å². The van der Waals surface area contributed by atoms with E-state index in [9.17, 15) is 9.18 Å². The van der Waals surface area contributed by atoms with Crippen LogP contribution < -0.4 is 11.1 Å². The zero-order chi connectivity index (χ0) is 14.0. The van der Waals surface area contributed by atoms with Gasteiger partial charge in [-0.1, -0.05) is 22.0 Å². The summed E-state index contributed by atoms with van der Waals surface area (Å²) in [6.07, 6.45) is 0. The number of aryl methyl sites for hydroxylation is 1. The lowest BCUT2D eigenvalue weighted by Gasteiger charge is -2.10. The summed E-state index contributed by atoms with van der Waals surface area (Å²) in [4.78, 5) is 12.1. The summed E-state index contributed by atoms with van der Waals surface area (Å²) in [5, 5.41) is 2.49. The average molecular weight is 323 g/mol. The number of carbonyl (C=O) groups excluding carboxylic acids is 1. The highest BCUT2D eigenvalue weighted by Gasteiger charge is 2.12. The highest BCUT2D eigenvalue weighted by molar-refractivity contribution is 9.10. The van der Waals surface area contributed by atoms with E-state index in [-0.39, 0.29) is 11.4 Å². The van der Waals surface area contributed by atoms with Gasteiger partial charge in [-0.25, -0.2) is 4.39 Å². The highest BCUT2D eigenvalue weighted by Crippen LogP contribution is 2.23. The standard InChI is InChI=1S/C14H12BrFN2O/c1-8-5-9(7-10(15)6-8)14(19)18-13-11(16)3-2-4-12(13)17/h2-7H,17H2,1H3,(H,18,19). The monoisotopic (exact) mass is 322 g/mol. The lowest BCUT2D eigenvalue weighted by molar-refractivity contribution is 0.102. The number of amides is 1. The topological polar surface area (TPSA) is 55.1 Å². The van der Waals surface area contributed by atoms with E-state index in [1.54, 1.807) is 12.1 Å². The van der Waals surface area contributed by atoms with Gasteiger partial charge in [-0.05, 0) is 42.8 Å². The first-order valence-electron chi connectivity index (χ1n) is 5.60. The molecule has 0 aliphatic heterocycles. The van der Waals surface area contributed by atoms with Gasteiger partial charge in [0.05, 0.1) is 5.69 Å². The van der Waals surface area contributed by atoms with E-state index in [0.717, 1.165) is 10.0 Å². The Labute approximate surface area is 118 Å². The zero-order valence-corrected chi connectivity index (χ0v) is 11.8. The van der Waals surface area contributed by atoms with Gasteiger partial charge in [-0.15, -0.1) is 0 Å². The first kappa shape index (κ1) is 13.5. The van der Waals surface area contributed by atoms with Crippen molar-refractivity contribution >= 4 is 33.2 Å². The number of hydrogen-bond donors (Lipinski definition) is 2. The number of benzene rings is 2. The molecule has 2 aromatic rings. The normalized spacial score (nSPS) is 10.3. The SMILES string of the molecule is Cc1cc(Br)cc(C(=O)Nc2c(N)cccc2F)c1. The molecule has 98 valence electrons. The Morgan fingerprint density at radius 3 is 2.68 bits per heavy atom. The summed E-state index contributed by atoms with van der Waals surface area (Å²) in [6, 6.07) is 9.54. The van der Waals surface area contributed by atoms with Crippen LogP contribution in [0.2, 0.25) is 0 Å². The average Bonchev–Trinajstić information content (AvgIpc) is 2.32. The van der Waals surface area contributed by atoms with Crippen LogP contribution in [0.25, 0.3) is 0 Å². The largest absolute Gasteiger partial charge is 0.397 e. The van der Waals surface area contributed by atoms with Crippen LogP contribution in [0.1, 0.15) is 15.9 Å². The van der Waals surface area contributed by atoms with Crippen molar-refractivity contribution in [3.05, 3.63) is 57.8 Å². The van der Waals surface area contributed by atoms with Gasteiger partial charge in [0.2, 0.25) is 0 Å². The molecule has 0 aliphatic carbocycles. The van der Waals surface area contributed by atoms with Crippen LogP contribution in [-0.4, -0.2) is 5.91 Å². The fourth-order valence-corrected chi connectivity index (χ4v) is 2.33. The van der Waals surface area contributed by atoms with Gasteiger partial charge >= 0.3 is 0 Å². The number of para-hydroxylation sites is 1. The molecule has 3 N–H and O–H groups in total. The summed E-state index contributed by atoms with van der Waals surface area (Å²) in [5.41, 5.74) is 7.21. The first-order chi connectivity index (χ1) is 8.97. The number of nitrogen functional groups attached to an aromatic ring is 1. The lowest BCUT2D eigenvalue weighted by Crippen LogP contribution is -2.14. The molecule has 0 unspecified atom stereocenters. The summed E-state index contributed by atoms with van der Waals surface area (Å²) in [6.45, 7) is 1.87. The Balaban J connectivity index is 2.31. The van der Waals surface area contributed by atoms with Crippen LogP contribution >= 0.6 is 15.9 Å². The van der Waals surface area contributed by atoms with Gasteiger partial charge in [0, 0.05) is 10.0 Å². The maximum atomic E-state index is 13.6. The van der Waals surface area contributed by atoms with E-state index in [4.69, 9.17) is 5.73 Å². The van der Waals surface area contributed by atoms with Crippen LogP contribution in [0, 0.1) is 12.7 Å². The van der Waals surface area contributed by atoms with Crippen molar-refractivity contribution in [3.8, 4) is 0 Å². The number of carbonyl (C=O) groups is 1. The predicted octanol–water partition coefficient (Wildman–Crippen LogP) is 3.73. The Morgan fingerprint density at radius 1 is 1.32 bits per heavy atom. The first-order valence-corrected chi connectivity index (χ1v) is 6.39. The summed E-state index contributed by atoms with van der Waals surface area (Å²) >= 11 is 3.32. The van der Waals surface area contributed by atoms with Crippen molar-refractivity contribution < 1.29 is 9.18 Å². The minimum absolute atomic E-state index is 0.00475. The maximum absolute atomic E-state index is 13.6. The van der Waals surface area contributed by atoms with Crippen molar-refractivity contribution in [2.75, 3.05) is 11.1 Å². The summed E-state index contributed by atoms with van der Waals surface area (Å²) in [7, 11) is 0. The third-order valence-electron chi connectivity index (χ3n) is 2.59. The van der Waals surface area contributed by atoms with Crippen LogP contribution in [0.5, 0.6) is 0 Å². The van der Waals surface area contributed by atoms with Crippen LogP contribution in [-0.2, 0) is 0 Å². The molecule has 0 atom stereocenters. The molecule has 0 bridgehead atoms. The maximum Gasteiger partial charge on any atom is 0.255 e. The molecule has 0 aliphatic rings. The molecular formula is C14H12BrFN2O. The lowest BCUT2D eigenvalue weighted by atomic mass is 10.1. The smallest absolute Gasteiger partial charge is 0.255 e. The fourth-order valence-electron chi connectivity index (χ4n) is 1.73. The molecule has 5 heteroatoms. The van der Waals surface area contributed by atoms with Gasteiger partial charge in [0.15, 0.2) is 0 Å². The van der Waals surface area contributed by atoms with E-state index in [0.29, 0.717) is 5.56 Å². The van der Waals surface area contributed by atoms with Gasteiger partial charge < -0.3 is 11.1 Å². The molecular weight excluding hydrogens is 311 g/mol. The zero-order valence-electron chi connectivity index (χ0n) is 10.2. The second-order valence-electron chi connectivity index (χ2n) is 4.18. The van der Waals surface area contributed by atoms with Crippen molar-refractivity contribution in [2.24, 2.45) is 0 Å². The Morgan fingerprint density at radius 2 is 2.05 bits per heavy atom. The third-order valence-corrected chi connectivity index (χ3v) is 3.05. The predicted molar refractivity (Wildman–Crippen MR) is 77.6 cm³/mol. The summed E-state index contributed by atoms with van der Waals surface area (Å²) < 4.78 is 14.4. The van der Waals surface area contributed by atoms with Crippen molar-refractivity contribution in [3.63, 3.8) is 0 Å². The molecule has 0 radical (unpaired) electrons. The molecule has 0 spiro atoms. The van der Waals surface area contributed by atoms with Crippen LogP contribution in [0.3, 0.4) is 0 Å². The van der Waals surface area contributed by atoms with E-state index in [1.807, 2.05) is 13.0 Å². The van der Waals surface area contributed by atoms with Crippen molar-refractivity contribution in [1.29, 1.82) is 0 Å². The Kier molecular flexibility index (Phi) is 3.85. The number of anilines is 2. The highest BCUT2D eigenvalue weighted by atomic mass is 79.9. The number of halogens is 2. The Bertz CT molecular complexity index is 603. The molecule has 0 fully saturated rings. The molecule has 0 saturated carbocycles. The van der Waals surface area contributed by atoms with Crippen LogP contribution in [0.15, 0.2) is 40.9 Å². The molecule has 2 rings (SSSR count). The minimum Gasteiger partial charge on any atom is -0.397 e. The summed E-state index contributed by atoms with van der Waals surface area (Å²) in [5.74, 6) is -0.957. The molecule has 19 heavy (non-hydrogen) atoms. The number of hydrogen-bond acceptors (Lipinski definition) is 2. The Hall–Kier alpha value is -1.88. The number of rotatable bonds is 2. The van der Waals surface area contributed by atoms with E-state index in [1.165, 1.54) is 18.2 Å². The van der Waals surface area contributed by atoms with Gasteiger partial charge in [0.25, 0.3) is 5.91 Å². The molecule has 2 aromatic carbocycles. The van der Waals surface area contributed by atoms with E-state index in [2.05, 4.69) is 21.2 Å². The van der Waals surface area contributed by atoms with Crippen molar-refractivity contribution in [1.82, 2.24) is 0 Å². The molecule has 0 heterocycles. The fraction of sp³-hybridized carbons (Fsp3) is 0.0714. The van der Waals surface area contributed by atoms with Gasteiger partial charge in [-0.2, -0.15) is 0 Å². The minimum atomic E-state index is -0.555. The second kappa shape index (κ2) is 5.40. The van der Waals surface area contributed by atoms with E-state index >= 15 is 0 Å².